The van der Waals surface area contributed by atoms with Gasteiger partial charge in [0.05, 0.1) is 12.1 Å². The van der Waals surface area contributed by atoms with E-state index in [4.69, 9.17) is 4.42 Å². The Balaban J connectivity index is 1.46. The number of rotatable bonds is 3. The van der Waals surface area contributed by atoms with Gasteiger partial charge in [0.1, 0.15) is 17.3 Å². The van der Waals surface area contributed by atoms with Crippen LogP contribution < -0.4 is 5.32 Å². The van der Waals surface area contributed by atoms with Crippen LogP contribution in [0.3, 0.4) is 0 Å². The van der Waals surface area contributed by atoms with Crippen molar-refractivity contribution < 1.29 is 8.81 Å². The Labute approximate surface area is 130 Å². The molecule has 2 fully saturated rings. The van der Waals surface area contributed by atoms with E-state index in [-0.39, 0.29) is 5.82 Å². The molecule has 1 aromatic heterocycles. The van der Waals surface area contributed by atoms with Crippen molar-refractivity contribution in [2.75, 3.05) is 26.2 Å². The van der Waals surface area contributed by atoms with Crippen LogP contribution >= 0.6 is 0 Å². The molecule has 2 aliphatic rings. The van der Waals surface area contributed by atoms with Crippen LogP contribution in [0.25, 0.3) is 11.3 Å². The van der Waals surface area contributed by atoms with Gasteiger partial charge in [-0.3, -0.25) is 4.90 Å². The molecule has 0 aliphatic carbocycles. The number of hydrogen-bond donors (Lipinski definition) is 1. The van der Waals surface area contributed by atoms with Crippen molar-refractivity contribution in [2.45, 2.75) is 19.4 Å². The van der Waals surface area contributed by atoms with Crippen molar-refractivity contribution in [3.05, 3.63) is 48.0 Å². The maximum atomic E-state index is 13.8. The summed E-state index contributed by atoms with van der Waals surface area (Å²) in [4.78, 5) is 2.46. The molecule has 1 unspecified atom stereocenters. The summed E-state index contributed by atoms with van der Waals surface area (Å²) in [6.07, 6.45) is 2.54. The lowest BCUT2D eigenvalue weighted by molar-refractivity contribution is 0.252. The molecule has 3 nitrogen and oxygen atoms in total. The normalized spacial score (nSPS) is 25.3. The lowest BCUT2D eigenvalue weighted by Gasteiger charge is -2.22. The highest BCUT2D eigenvalue weighted by atomic mass is 19.1. The number of hydrogen-bond acceptors (Lipinski definition) is 3. The van der Waals surface area contributed by atoms with Crippen LogP contribution in [0, 0.1) is 11.2 Å². The van der Waals surface area contributed by atoms with Gasteiger partial charge in [-0.15, -0.1) is 0 Å². The Morgan fingerprint density at radius 2 is 2.09 bits per heavy atom. The molecular weight excluding hydrogens is 279 g/mol. The Hall–Kier alpha value is -1.65. The molecule has 116 valence electrons. The highest BCUT2D eigenvalue weighted by molar-refractivity contribution is 5.58. The Bertz CT molecular complexity index is 661. The van der Waals surface area contributed by atoms with Crippen LogP contribution in [0.2, 0.25) is 0 Å². The van der Waals surface area contributed by atoms with Gasteiger partial charge in [0.2, 0.25) is 0 Å². The zero-order valence-electron chi connectivity index (χ0n) is 12.6. The first-order valence-electron chi connectivity index (χ1n) is 8.01. The third-order valence-electron chi connectivity index (χ3n) is 5.03. The van der Waals surface area contributed by atoms with Gasteiger partial charge in [-0.1, -0.05) is 12.1 Å². The molecule has 1 N–H and O–H groups in total. The third-order valence-corrected chi connectivity index (χ3v) is 5.03. The third kappa shape index (κ3) is 2.57. The monoisotopic (exact) mass is 300 g/mol. The average molecular weight is 300 g/mol. The first-order valence-corrected chi connectivity index (χ1v) is 8.01. The first kappa shape index (κ1) is 14.0. The van der Waals surface area contributed by atoms with Gasteiger partial charge in [-0.2, -0.15) is 0 Å². The van der Waals surface area contributed by atoms with Gasteiger partial charge in [0, 0.05) is 13.1 Å². The molecule has 3 heterocycles. The quantitative estimate of drug-likeness (QED) is 0.943. The fraction of sp³-hybridized carbons (Fsp3) is 0.444. The van der Waals surface area contributed by atoms with Crippen molar-refractivity contribution in [2.24, 2.45) is 5.41 Å². The minimum atomic E-state index is -0.236. The maximum Gasteiger partial charge on any atom is 0.137 e. The number of furan rings is 1. The van der Waals surface area contributed by atoms with E-state index in [1.165, 1.54) is 18.9 Å². The predicted molar refractivity (Wildman–Crippen MR) is 83.9 cm³/mol. The minimum Gasteiger partial charge on any atom is -0.460 e. The van der Waals surface area contributed by atoms with Crippen LogP contribution in [0.4, 0.5) is 4.39 Å². The second kappa shape index (κ2) is 5.52. The van der Waals surface area contributed by atoms with Gasteiger partial charge < -0.3 is 9.73 Å². The number of halogens is 1. The average Bonchev–Trinajstić information content (AvgIpc) is 3.24. The lowest BCUT2D eigenvalue weighted by atomic mass is 9.87. The Morgan fingerprint density at radius 1 is 1.18 bits per heavy atom. The minimum absolute atomic E-state index is 0.236. The highest BCUT2D eigenvalue weighted by Gasteiger charge is 2.40. The van der Waals surface area contributed by atoms with Gasteiger partial charge in [-0.25, -0.2) is 4.39 Å². The van der Waals surface area contributed by atoms with E-state index in [2.05, 4.69) is 10.2 Å². The van der Waals surface area contributed by atoms with Crippen LogP contribution in [-0.2, 0) is 6.54 Å². The molecule has 2 saturated heterocycles. The molecule has 1 aromatic carbocycles. The van der Waals surface area contributed by atoms with Crippen molar-refractivity contribution >= 4 is 0 Å². The Kier molecular flexibility index (Phi) is 3.51. The molecular formula is C18H21FN2O. The predicted octanol–water partition coefficient (Wildman–Crippen LogP) is 3.27. The first-order chi connectivity index (χ1) is 10.7. The summed E-state index contributed by atoms with van der Waals surface area (Å²) in [5, 5.41) is 3.48. The number of benzene rings is 1. The van der Waals surface area contributed by atoms with E-state index < -0.39 is 0 Å². The van der Waals surface area contributed by atoms with E-state index in [0.29, 0.717) is 16.7 Å². The van der Waals surface area contributed by atoms with Crippen LogP contribution in [-0.4, -0.2) is 31.1 Å². The summed E-state index contributed by atoms with van der Waals surface area (Å²) in [7, 11) is 0. The summed E-state index contributed by atoms with van der Waals surface area (Å²) in [6, 6.07) is 10.6. The van der Waals surface area contributed by atoms with Crippen molar-refractivity contribution in [3.63, 3.8) is 0 Å². The van der Waals surface area contributed by atoms with Gasteiger partial charge in [0.25, 0.3) is 0 Å². The molecule has 0 bridgehead atoms. The highest BCUT2D eigenvalue weighted by Crippen LogP contribution is 2.37. The SMILES string of the molecule is Fc1ccccc1-c1ccc(CN2CCC3(CCNC3)C2)o1. The van der Waals surface area contributed by atoms with Gasteiger partial charge >= 0.3 is 0 Å². The van der Waals surface area contributed by atoms with E-state index in [0.717, 1.165) is 38.5 Å². The summed E-state index contributed by atoms with van der Waals surface area (Å²) in [5.74, 6) is 1.30. The van der Waals surface area contributed by atoms with Crippen molar-refractivity contribution in [1.29, 1.82) is 0 Å². The van der Waals surface area contributed by atoms with E-state index in [9.17, 15) is 4.39 Å². The zero-order valence-corrected chi connectivity index (χ0v) is 12.6. The van der Waals surface area contributed by atoms with Crippen LogP contribution in [0.15, 0.2) is 40.8 Å². The largest absolute Gasteiger partial charge is 0.460 e. The number of nitrogens with zero attached hydrogens (tertiary/aromatic N) is 1. The molecule has 2 aromatic rings. The molecule has 4 rings (SSSR count). The van der Waals surface area contributed by atoms with Gasteiger partial charge in [-0.05, 0) is 55.6 Å². The molecule has 0 radical (unpaired) electrons. The van der Waals surface area contributed by atoms with Crippen LogP contribution in [0.5, 0.6) is 0 Å². The summed E-state index contributed by atoms with van der Waals surface area (Å²) in [6.45, 7) is 5.36. The molecule has 0 saturated carbocycles. The number of nitrogens with one attached hydrogen (secondary N) is 1. The van der Waals surface area contributed by atoms with Crippen molar-refractivity contribution in [3.8, 4) is 11.3 Å². The summed E-state index contributed by atoms with van der Waals surface area (Å²) < 4.78 is 19.7. The van der Waals surface area contributed by atoms with Gasteiger partial charge in [0.15, 0.2) is 0 Å². The lowest BCUT2D eigenvalue weighted by Crippen LogP contribution is -2.28. The fourth-order valence-corrected chi connectivity index (χ4v) is 3.80. The van der Waals surface area contributed by atoms with E-state index in [1.54, 1.807) is 12.1 Å². The zero-order chi connectivity index (χ0) is 15.0. The van der Waals surface area contributed by atoms with E-state index >= 15 is 0 Å². The standard InChI is InChI=1S/C18H21FN2O/c19-16-4-2-1-3-15(16)17-6-5-14(22-17)11-21-10-8-18(13-21)7-9-20-12-18/h1-6,20H,7-13H2. The molecule has 4 heteroatoms. The van der Waals surface area contributed by atoms with E-state index in [1.807, 2.05) is 18.2 Å². The summed E-state index contributed by atoms with van der Waals surface area (Å²) >= 11 is 0. The molecule has 2 aliphatic heterocycles. The molecule has 1 atom stereocenters. The topological polar surface area (TPSA) is 28.4 Å². The second-order valence-electron chi connectivity index (χ2n) is 6.63. The molecule has 0 amide bonds. The van der Waals surface area contributed by atoms with Crippen molar-refractivity contribution in [1.82, 2.24) is 10.2 Å². The second-order valence-corrected chi connectivity index (χ2v) is 6.63. The smallest absolute Gasteiger partial charge is 0.137 e. The Morgan fingerprint density at radius 3 is 2.91 bits per heavy atom. The van der Waals surface area contributed by atoms with Crippen LogP contribution in [0.1, 0.15) is 18.6 Å². The fourth-order valence-electron chi connectivity index (χ4n) is 3.80. The maximum absolute atomic E-state index is 13.8. The number of likely N-dealkylation sites (tertiary alicyclic amines) is 1. The molecule has 1 spiro atoms. The summed E-state index contributed by atoms with van der Waals surface area (Å²) in [5.41, 5.74) is 1.01. The molecule has 22 heavy (non-hydrogen) atoms.